The van der Waals surface area contributed by atoms with Crippen LogP contribution in [-0.2, 0) is 11.8 Å². The minimum absolute atomic E-state index is 0.373. The predicted molar refractivity (Wildman–Crippen MR) is 63.2 cm³/mol. The van der Waals surface area contributed by atoms with Crippen LogP contribution in [0.1, 0.15) is 31.5 Å². The fourth-order valence-electron chi connectivity index (χ4n) is 2.28. The maximum Gasteiger partial charge on any atom is 0.0793 e. The van der Waals surface area contributed by atoms with Crippen LogP contribution in [0.5, 0.6) is 0 Å². The molecule has 4 heteroatoms. The van der Waals surface area contributed by atoms with Crippen molar-refractivity contribution >= 4 is 0 Å². The highest BCUT2D eigenvalue weighted by molar-refractivity contribution is 5.05. The van der Waals surface area contributed by atoms with E-state index in [9.17, 15) is 0 Å². The number of aryl methyl sites for hydroxylation is 1. The molecule has 0 bridgehead atoms. The molecule has 0 radical (unpaired) electrons. The van der Waals surface area contributed by atoms with E-state index in [0.29, 0.717) is 12.0 Å². The van der Waals surface area contributed by atoms with Crippen LogP contribution in [-0.4, -0.2) is 29.5 Å². The van der Waals surface area contributed by atoms with E-state index in [4.69, 9.17) is 4.74 Å². The first-order chi connectivity index (χ1) is 7.79. The molecule has 1 aromatic heterocycles. The molecule has 0 aliphatic carbocycles. The molecule has 1 N–H and O–H groups in total. The first-order valence-electron chi connectivity index (χ1n) is 6.10. The monoisotopic (exact) mass is 223 g/mol. The molecule has 2 unspecified atom stereocenters. The molecule has 16 heavy (non-hydrogen) atoms. The minimum atomic E-state index is 0.373. The van der Waals surface area contributed by atoms with Gasteiger partial charge in [0.25, 0.3) is 0 Å². The smallest absolute Gasteiger partial charge is 0.0793 e. The Balaban J connectivity index is 1.98. The van der Waals surface area contributed by atoms with Gasteiger partial charge in [-0.15, -0.1) is 0 Å². The minimum Gasteiger partial charge on any atom is -0.381 e. The number of rotatable bonds is 5. The van der Waals surface area contributed by atoms with Gasteiger partial charge in [0.15, 0.2) is 0 Å². The molecule has 1 fully saturated rings. The molecule has 0 saturated carbocycles. The van der Waals surface area contributed by atoms with Gasteiger partial charge in [0.05, 0.1) is 11.7 Å². The van der Waals surface area contributed by atoms with E-state index in [-0.39, 0.29) is 0 Å². The van der Waals surface area contributed by atoms with Crippen LogP contribution in [0.4, 0.5) is 0 Å². The van der Waals surface area contributed by atoms with Gasteiger partial charge in [0, 0.05) is 26.5 Å². The van der Waals surface area contributed by atoms with E-state index in [0.717, 1.165) is 31.9 Å². The summed E-state index contributed by atoms with van der Waals surface area (Å²) < 4.78 is 7.29. The Morgan fingerprint density at radius 2 is 2.56 bits per heavy atom. The molecular weight excluding hydrogens is 202 g/mol. The molecule has 0 aromatic carbocycles. The highest BCUT2D eigenvalue weighted by Crippen LogP contribution is 2.25. The fourth-order valence-corrected chi connectivity index (χ4v) is 2.28. The summed E-state index contributed by atoms with van der Waals surface area (Å²) in [6.07, 6.45) is 4.32. The van der Waals surface area contributed by atoms with Crippen molar-refractivity contribution in [3.05, 3.63) is 18.0 Å². The lowest BCUT2D eigenvalue weighted by Gasteiger charge is -2.18. The second kappa shape index (κ2) is 5.46. The SMILES string of the molecule is CCNC(CC1CCOC1)c1ccn(C)n1. The third kappa shape index (κ3) is 2.83. The van der Waals surface area contributed by atoms with Gasteiger partial charge >= 0.3 is 0 Å². The van der Waals surface area contributed by atoms with E-state index in [1.165, 1.54) is 6.42 Å². The summed E-state index contributed by atoms with van der Waals surface area (Å²) in [5.74, 6) is 0.686. The van der Waals surface area contributed by atoms with Crippen molar-refractivity contribution in [1.82, 2.24) is 15.1 Å². The van der Waals surface area contributed by atoms with E-state index in [1.807, 2.05) is 17.9 Å². The lowest BCUT2D eigenvalue weighted by Crippen LogP contribution is -2.24. The Labute approximate surface area is 97.0 Å². The van der Waals surface area contributed by atoms with Crippen LogP contribution in [0.15, 0.2) is 12.3 Å². The highest BCUT2D eigenvalue weighted by atomic mass is 16.5. The van der Waals surface area contributed by atoms with Gasteiger partial charge in [-0.3, -0.25) is 4.68 Å². The average Bonchev–Trinajstić information content (AvgIpc) is 2.88. The molecule has 1 aliphatic heterocycles. The molecule has 90 valence electrons. The summed E-state index contributed by atoms with van der Waals surface area (Å²) >= 11 is 0. The van der Waals surface area contributed by atoms with Crippen LogP contribution in [0.25, 0.3) is 0 Å². The Bertz CT molecular complexity index is 318. The largest absolute Gasteiger partial charge is 0.381 e. The Morgan fingerprint density at radius 1 is 1.69 bits per heavy atom. The summed E-state index contributed by atoms with van der Waals surface area (Å²) in [6.45, 7) is 4.95. The quantitative estimate of drug-likeness (QED) is 0.822. The summed E-state index contributed by atoms with van der Waals surface area (Å²) in [5.41, 5.74) is 1.15. The van der Waals surface area contributed by atoms with Crippen LogP contribution in [0.3, 0.4) is 0 Å². The van der Waals surface area contributed by atoms with Gasteiger partial charge in [-0.25, -0.2) is 0 Å². The third-order valence-electron chi connectivity index (χ3n) is 3.13. The van der Waals surface area contributed by atoms with Crippen LogP contribution in [0, 0.1) is 5.92 Å². The number of ether oxygens (including phenoxy) is 1. The summed E-state index contributed by atoms with van der Waals surface area (Å²) in [5, 5.41) is 7.99. The van der Waals surface area contributed by atoms with E-state index < -0.39 is 0 Å². The van der Waals surface area contributed by atoms with E-state index >= 15 is 0 Å². The van der Waals surface area contributed by atoms with Crippen molar-refractivity contribution in [2.75, 3.05) is 19.8 Å². The normalized spacial score (nSPS) is 22.5. The highest BCUT2D eigenvalue weighted by Gasteiger charge is 2.22. The molecule has 1 saturated heterocycles. The molecule has 4 nitrogen and oxygen atoms in total. The Morgan fingerprint density at radius 3 is 3.12 bits per heavy atom. The molecule has 1 aliphatic rings. The third-order valence-corrected chi connectivity index (χ3v) is 3.13. The molecule has 2 atom stereocenters. The second-order valence-electron chi connectivity index (χ2n) is 4.49. The van der Waals surface area contributed by atoms with Crippen LogP contribution >= 0.6 is 0 Å². The van der Waals surface area contributed by atoms with Gasteiger partial charge in [-0.2, -0.15) is 5.10 Å². The predicted octanol–water partition coefficient (Wildman–Crippen LogP) is 1.50. The number of aromatic nitrogens is 2. The van der Waals surface area contributed by atoms with E-state index in [1.54, 1.807) is 0 Å². The van der Waals surface area contributed by atoms with Gasteiger partial charge in [0.2, 0.25) is 0 Å². The zero-order chi connectivity index (χ0) is 11.4. The van der Waals surface area contributed by atoms with Crippen LogP contribution < -0.4 is 5.32 Å². The molecule has 1 aromatic rings. The number of nitrogens with one attached hydrogen (secondary N) is 1. The summed E-state index contributed by atoms with van der Waals surface area (Å²) in [6, 6.07) is 2.47. The second-order valence-corrected chi connectivity index (χ2v) is 4.49. The van der Waals surface area contributed by atoms with E-state index in [2.05, 4.69) is 23.4 Å². The molecule has 0 spiro atoms. The Kier molecular flexibility index (Phi) is 3.96. The van der Waals surface area contributed by atoms with Gasteiger partial charge in [0.1, 0.15) is 0 Å². The zero-order valence-corrected chi connectivity index (χ0v) is 10.1. The maximum atomic E-state index is 5.42. The molecule has 2 rings (SSSR count). The first kappa shape index (κ1) is 11.6. The van der Waals surface area contributed by atoms with Gasteiger partial charge in [-0.05, 0) is 31.4 Å². The average molecular weight is 223 g/mol. The van der Waals surface area contributed by atoms with Gasteiger partial charge < -0.3 is 10.1 Å². The zero-order valence-electron chi connectivity index (χ0n) is 10.1. The molecular formula is C12H21N3O. The Hall–Kier alpha value is -0.870. The van der Waals surface area contributed by atoms with Crippen molar-refractivity contribution in [3.63, 3.8) is 0 Å². The summed E-state index contributed by atoms with van der Waals surface area (Å²) in [7, 11) is 1.96. The van der Waals surface area contributed by atoms with Crippen molar-refractivity contribution in [2.24, 2.45) is 13.0 Å². The van der Waals surface area contributed by atoms with Crippen molar-refractivity contribution in [1.29, 1.82) is 0 Å². The van der Waals surface area contributed by atoms with Crippen LogP contribution in [0.2, 0.25) is 0 Å². The number of hydrogen-bond acceptors (Lipinski definition) is 3. The summed E-state index contributed by atoms with van der Waals surface area (Å²) in [4.78, 5) is 0. The molecule has 2 heterocycles. The standard InChI is InChI=1S/C12H21N3O/c1-3-13-12(8-10-5-7-16-9-10)11-4-6-15(2)14-11/h4,6,10,12-13H,3,5,7-9H2,1-2H3. The lowest BCUT2D eigenvalue weighted by atomic mass is 9.97. The maximum absolute atomic E-state index is 5.42. The molecule has 0 amide bonds. The van der Waals surface area contributed by atoms with Crippen molar-refractivity contribution < 1.29 is 4.74 Å². The number of hydrogen-bond donors (Lipinski definition) is 1. The van der Waals surface area contributed by atoms with Gasteiger partial charge in [-0.1, -0.05) is 6.92 Å². The lowest BCUT2D eigenvalue weighted by molar-refractivity contribution is 0.181. The topological polar surface area (TPSA) is 39.1 Å². The first-order valence-corrected chi connectivity index (χ1v) is 6.10. The van der Waals surface area contributed by atoms with Crippen molar-refractivity contribution in [2.45, 2.75) is 25.8 Å². The fraction of sp³-hybridized carbons (Fsp3) is 0.750. The number of nitrogens with zero attached hydrogens (tertiary/aromatic N) is 2. The van der Waals surface area contributed by atoms with Crippen molar-refractivity contribution in [3.8, 4) is 0 Å².